The Hall–Kier alpha value is -2.37. The maximum atomic E-state index is 12.0. The van der Waals surface area contributed by atoms with Gasteiger partial charge in [-0.15, -0.1) is 0 Å². The maximum Gasteiger partial charge on any atom is 0.234 e. The van der Waals surface area contributed by atoms with Crippen molar-refractivity contribution in [3.05, 3.63) is 65.7 Å². The Bertz CT molecular complexity index is 661. The molecule has 0 saturated heterocycles. The second kappa shape index (κ2) is 11.3. The summed E-state index contributed by atoms with van der Waals surface area (Å²) in [5, 5.41) is 2.95. The lowest BCUT2D eigenvalue weighted by molar-refractivity contribution is -0.122. The number of rotatable bonds is 11. The first-order valence-electron chi connectivity index (χ1n) is 8.87. The summed E-state index contributed by atoms with van der Waals surface area (Å²) in [5.74, 6) is 0.817. The molecule has 2 aromatic carbocycles. The molecule has 0 aliphatic carbocycles. The highest BCUT2D eigenvalue weighted by Crippen LogP contribution is 2.15. The van der Waals surface area contributed by atoms with E-state index < -0.39 is 0 Å². The Labute approximate surface area is 155 Å². The Morgan fingerprint density at radius 2 is 1.85 bits per heavy atom. The van der Waals surface area contributed by atoms with Crippen LogP contribution in [0.1, 0.15) is 17.5 Å². The lowest BCUT2D eigenvalue weighted by atomic mass is 10.2. The van der Waals surface area contributed by atoms with Crippen molar-refractivity contribution in [3.63, 3.8) is 0 Å². The third kappa shape index (κ3) is 7.68. The van der Waals surface area contributed by atoms with Crippen LogP contribution in [0.25, 0.3) is 0 Å². The van der Waals surface area contributed by atoms with E-state index in [0.29, 0.717) is 26.3 Å². The van der Waals surface area contributed by atoms with Crippen molar-refractivity contribution in [1.82, 2.24) is 10.2 Å². The number of amides is 1. The summed E-state index contributed by atoms with van der Waals surface area (Å²) in [5.41, 5.74) is 2.15. The van der Waals surface area contributed by atoms with E-state index in [4.69, 9.17) is 9.47 Å². The fraction of sp³-hybridized carbons (Fsp3) is 0.381. The molecule has 26 heavy (non-hydrogen) atoms. The fourth-order valence-electron chi connectivity index (χ4n) is 2.55. The van der Waals surface area contributed by atoms with E-state index in [9.17, 15) is 4.79 Å². The average Bonchev–Trinajstić information content (AvgIpc) is 2.66. The zero-order chi connectivity index (χ0) is 18.6. The van der Waals surface area contributed by atoms with Crippen LogP contribution in [0.4, 0.5) is 0 Å². The van der Waals surface area contributed by atoms with E-state index in [1.165, 1.54) is 0 Å². The number of nitrogens with one attached hydrogen (secondary N) is 1. The van der Waals surface area contributed by atoms with E-state index >= 15 is 0 Å². The van der Waals surface area contributed by atoms with Gasteiger partial charge in [0.1, 0.15) is 12.4 Å². The normalized spacial score (nSPS) is 10.7. The predicted molar refractivity (Wildman–Crippen MR) is 103 cm³/mol. The quantitative estimate of drug-likeness (QED) is 0.629. The molecule has 0 saturated carbocycles. The average molecular weight is 356 g/mol. The number of hydrogen-bond acceptors (Lipinski definition) is 4. The van der Waals surface area contributed by atoms with Gasteiger partial charge < -0.3 is 14.8 Å². The zero-order valence-corrected chi connectivity index (χ0v) is 15.6. The van der Waals surface area contributed by atoms with Gasteiger partial charge in [-0.25, -0.2) is 0 Å². The molecule has 5 heteroatoms. The molecular weight excluding hydrogens is 328 g/mol. The van der Waals surface area contributed by atoms with Crippen LogP contribution in [0.5, 0.6) is 5.75 Å². The second-order valence-electron chi connectivity index (χ2n) is 6.28. The topological polar surface area (TPSA) is 50.8 Å². The van der Waals surface area contributed by atoms with Gasteiger partial charge in [0, 0.05) is 26.8 Å². The smallest absolute Gasteiger partial charge is 0.234 e. The van der Waals surface area contributed by atoms with Crippen molar-refractivity contribution in [2.45, 2.75) is 19.6 Å². The first-order chi connectivity index (χ1) is 12.7. The molecule has 1 N–H and O–H groups in total. The Morgan fingerprint density at radius 1 is 1.08 bits per heavy atom. The number of carbonyl (C=O) groups excluding carboxylic acids is 1. The molecule has 0 radical (unpaired) electrons. The highest BCUT2D eigenvalue weighted by Gasteiger charge is 2.06. The van der Waals surface area contributed by atoms with Gasteiger partial charge in [0.25, 0.3) is 0 Å². The van der Waals surface area contributed by atoms with Gasteiger partial charge in [0.05, 0.1) is 6.54 Å². The van der Waals surface area contributed by atoms with Gasteiger partial charge in [-0.2, -0.15) is 0 Å². The maximum absolute atomic E-state index is 12.0. The summed E-state index contributed by atoms with van der Waals surface area (Å²) < 4.78 is 10.8. The van der Waals surface area contributed by atoms with Crippen molar-refractivity contribution in [2.75, 3.05) is 33.9 Å². The number of nitrogens with zero attached hydrogens (tertiary/aromatic N) is 1. The van der Waals surface area contributed by atoms with Crippen molar-refractivity contribution in [3.8, 4) is 5.75 Å². The number of hydrogen-bond donors (Lipinski definition) is 1. The molecule has 0 atom stereocenters. The lowest BCUT2D eigenvalue weighted by Crippen LogP contribution is -2.35. The molecule has 0 aliphatic heterocycles. The summed E-state index contributed by atoms with van der Waals surface area (Å²) in [6.45, 7) is 2.95. The van der Waals surface area contributed by atoms with Crippen molar-refractivity contribution in [2.24, 2.45) is 0 Å². The Balaban J connectivity index is 1.74. The molecule has 0 aliphatic rings. The van der Waals surface area contributed by atoms with E-state index in [2.05, 4.69) is 5.32 Å². The van der Waals surface area contributed by atoms with E-state index in [1.54, 1.807) is 7.11 Å². The van der Waals surface area contributed by atoms with Crippen LogP contribution in [0, 0.1) is 0 Å². The first kappa shape index (κ1) is 19.9. The summed E-state index contributed by atoms with van der Waals surface area (Å²) >= 11 is 0. The van der Waals surface area contributed by atoms with Crippen molar-refractivity contribution in [1.29, 1.82) is 0 Å². The van der Waals surface area contributed by atoms with Crippen LogP contribution in [0.2, 0.25) is 0 Å². The molecule has 5 nitrogen and oxygen atoms in total. The van der Waals surface area contributed by atoms with E-state index in [0.717, 1.165) is 29.8 Å². The standard InChI is InChI=1S/C21H28N2O3/c1-23(12-7-13-25-2)16-21(24)22-15-19-10-6-11-20(14-19)26-17-18-8-4-3-5-9-18/h3-6,8-11,14H,7,12-13,15-17H2,1-2H3,(H,22,24). The van der Waals surface area contributed by atoms with E-state index in [1.807, 2.05) is 66.5 Å². The number of benzene rings is 2. The number of ether oxygens (including phenoxy) is 2. The summed E-state index contributed by atoms with van der Waals surface area (Å²) in [7, 11) is 3.62. The van der Waals surface area contributed by atoms with Gasteiger partial charge in [-0.1, -0.05) is 42.5 Å². The van der Waals surface area contributed by atoms with Gasteiger partial charge in [-0.05, 0) is 36.7 Å². The summed E-state index contributed by atoms with van der Waals surface area (Å²) in [4.78, 5) is 14.0. The summed E-state index contributed by atoms with van der Waals surface area (Å²) in [6, 6.07) is 17.9. The molecule has 2 aromatic rings. The molecule has 0 bridgehead atoms. The van der Waals surface area contributed by atoms with Crippen LogP contribution in [0.3, 0.4) is 0 Å². The molecule has 1 amide bonds. The number of methoxy groups -OCH3 is 1. The van der Waals surface area contributed by atoms with Crippen LogP contribution in [0.15, 0.2) is 54.6 Å². The van der Waals surface area contributed by atoms with Crippen molar-refractivity contribution >= 4 is 5.91 Å². The third-order valence-electron chi connectivity index (χ3n) is 3.94. The van der Waals surface area contributed by atoms with E-state index in [-0.39, 0.29) is 5.91 Å². The largest absolute Gasteiger partial charge is 0.489 e. The minimum Gasteiger partial charge on any atom is -0.489 e. The Kier molecular flexibility index (Phi) is 8.66. The summed E-state index contributed by atoms with van der Waals surface area (Å²) in [6.07, 6.45) is 0.918. The van der Waals surface area contributed by atoms with Gasteiger partial charge in [0.15, 0.2) is 0 Å². The monoisotopic (exact) mass is 356 g/mol. The molecule has 0 heterocycles. The minimum absolute atomic E-state index is 0.0144. The Morgan fingerprint density at radius 3 is 2.62 bits per heavy atom. The zero-order valence-electron chi connectivity index (χ0n) is 15.6. The molecule has 0 fully saturated rings. The first-order valence-corrected chi connectivity index (χ1v) is 8.87. The molecule has 2 rings (SSSR count). The predicted octanol–water partition coefficient (Wildman–Crippen LogP) is 2.85. The number of carbonyl (C=O) groups is 1. The fourth-order valence-corrected chi connectivity index (χ4v) is 2.55. The van der Waals surface area contributed by atoms with Crippen molar-refractivity contribution < 1.29 is 14.3 Å². The molecule has 0 aromatic heterocycles. The minimum atomic E-state index is 0.0144. The third-order valence-corrected chi connectivity index (χ3v) is 3.94. The second-order valence-corrected chi connectivity index (χ2v) is 6.28. The lowest BCUT2D eigenvalue weighted by Gasteiger charge is -2.16. The molecular formula is C21H28N2O3. The van der Waals surface area contributed by atoms with Gasteiger partial charge in [0.2, 0.25) is 5.91 Å². The molecule has 0 spiro atoms. The van der Waals surface area contributed by atoms with Gasteiger partial charge >= 0.3 is 0 Å². The highest BCUT2D eigenvalue weighted by atomic mass is 16.5. The number of likely N-dealkylation sites (N-methyl/N-ethyl adjacent to an activating group) is 1. The molecule has 0 unspecified atom stereocenters. The SMILES string of the molecule is COCCCN(C)CC(=O)NCc1cccc(OCc2ccccc2)c1. The highest BCUT2D eigenvalue weighted by molar-refractivity contribution is 5.77. The van der Waals surface area contributed by atoms with Crippen LogP contribution in [-0.4, -0.2) is 44.7 Å². The van der Waals surface area contributed by atoms with Crippen LogP contribution >= 0.6 is 0 Å². The van der Waals surface area contributed by atoms with Crippen LogP contribution in [-0.2, 0) is 22.7 Å². The molecule has 140 valence electrons. The van der Waals surface area contributed by atoms with Crippen LogP contribution < -0.4 is 10.1 Å². The van der Waals surface area contributed by atoms with Gasteiger partial charge in [-0.3, -0.25) is 9.69 Å².